The third kappa shape index (κ3) is 4.70. The van der Waals surface area contributed by atoms with Crippen LogP contribution in [-0.4, -0.2) is 4.98 Å². The fraction of sp³-hybridized carbons (Fsp3) is 0.0233. The summed E-state index contributed by atoms with van der Waals surface area (Å²) in [5.41, 5.74) is 14.2. The molecule has 0 atom stereocenters. The number of nitrogens with one attached hydrogen (secondary N) is 1. The van der Waals surface area contributed by atoms with Crippen LogP contribution in [0.4, 0.5) is 0 Å². The second-order valence-corrected chi connectivity index (χ2v) is 13.1. The summed E-state index contributed by atoms with van der Waals surface area (Å²) in [6.07, 6.45) is 0.907. The topological polar surface area (TPSA) is 28.9 Å². The van der Waals surface area contributed by atoms with Gasteiger partial charge in [-0.15, -0.1) is 0 Å². The number of fused-ring (bicyclic) bond motifs is 6. The highest BCUT2D eigenvalue weighted by molar-refractivity contribution is 14.1. The van der Waals surface area contributed by atoms with Crippen LogP contribution in [0.1, 0.15) is 11.1 Å². The van der Waals surface area contributed by atoms with Crippen LogP contribution in [0.25, 0.3) is 77.1 Å². The first kappa shape index (κ1) is 27.2. The van der Waals surface area contributed by atoms with E-state index in [1.165, 1.54) is 58.9 Å². The maximum Gasteiger partial charge on any atom is 0.135 e. The van der Waals surface area contributed by atoms with E-state index in [4.69, 9.17) is 4.42 Å². The van der Waals surface area contributed by atoms with Crippen molar-refractivity contribution in [2.24, 2.45) is 0 Å². The van der Waals surface area contributed by atoms with Gasteiger partial charge in [-0.2, -0.15) is 0 Å². The van der Waals surface area contributed by atoms with Crippen LogP contribution < -0.4 is 0 Å². The Bertz CT molecular complexity index is 2570. The summed E-state index contributed by atoms with van der Waals surface area (Å²) in [6.45, 7) is 0. The minimum Gasteiger partial charge on any atom is -0.456 e. The molecule has 0 aliphatic carbocycles. The van der Waals surface area contributed by atoms with Gasteiger partial charge >= 0.3 is 0 Å². The second kappa shape index (κ2) is 11.0. The summed E-state index contributed by atoms with van der Waals surface area (Å²) in [6, 6.07) is 54.7. The molecule has 3 heteroatoms. The number of halogens is 1. The number of hydrogen-bond acceptors (Lipinski definition) is 1. The fourth-order valence-corrected chi connectivity index (χ4v) is 7.45. The summed E-state index contributed by atoms with van der Waals surface area (Å²) < 4.78 is 7.34. The van der Waals surface area contributed by atoms with Crippen molar-refractivity contribution in [3.05, 3.63) is 166 Å². The van der Waals surface area contributed by atoms with Gasteiger partial charge in [-0.1, -0.05) is 97.1 Å². The van der Waals surface area contributed by atoms with Gasteiger partial charge in [0, 0.05) is 36.1 Å². The molecule has 9 rings (SSSR count). The molecule has 0 spiro atoms. The van der Waals surface area contributed by atoms with Crippen molar-refractivity contribution in [1.82, 2.24) is 4.98 Å². The molecule has 2 heterocycles. The van der Waals surface area contributed by atoms with Crippen LogP contribution in [-0.2, 0) is 6.42 Å². The number of hydrogen-bond donors (Lipinski definition) is 1. The van der Waals surface area contributed by atoms with E-state index >= 15 is 0 Å². The molecule has 0 amide bonds. The molecule has 2 aromatic heterocycles. The van der Waals surface area contributed by atoms with Gasteiger partial charge in [0.05, 0.1) is 0 Å². The summed E-state index contributed by atoms with van der Waals surface area (Å²) >= 11 is 2.48. The van der Waals surface area contributed by atoms with Crippen LogP contribution in [0.5, 0.6) is 0 Å². The first-order chi connectivity index (χ1) is 22.7. The zero-order chi connectivity index (χ0) is 30.6. The Balaban J connectivity index is 1.13. The molecule has 9 aromatic rings. The molecule has 0 bridgehead atoms. The van der Waals surface area contributed by atoms with Crippen molar-refractivity contribution in [3.63, 3.8) is 0 Å². The lowest BCUT2D eigenvalue weighted by molar-refractivity contribution is 0.669. The molecule has 0 aliphatic heterocycles. The minimum atomic E-state index is 0.907. The molecule has 1 N–H and O–H groups in total. The largest absolute Gasteiger partial charge is 0.456 e. The highest BCUT2D eigenvalue weighted by Crippen LogP contribution is 2.38. The van der Waals surface area contributed by atoms with E-state index in [-0.39, 0.29) is 0 Å². The number of benzene rings is 7. The monoisotopic (exact) mass is 701 g/mol. The minimum absolute atomic E-state index is 0.907. The van der Waals surface area contributed by atoms with Gasteiger partial charge in [-0.05, 0) is 128 Å². The summed E-state index contributed by atoms with van der Waals surface area (Å²) in [5.74, 6) is 0. The van der Waals surface area contributed by atoms with E-state index in [1.54, 1.807) is 0 Å². The smallest absolute Gasteiger partial charge is 0.135 e. The number of aromatic amines is 1. The summed E-state index contributed by atoms with van der Waals surface area (Å²) in [5, 5.41) is 4.75. The van der Waals surface area contributed by atoms with Crippen LogP contribution in [0.3, 0.4) is 0 Å². The Morgan fingerprint density at radius 3 is 1.83 bits per heavy atom. The Morgan fingerprint density at radius 1 is 0.457 bits per heavy atom. The predicted octanol–water partition coefficient (Wildman–Crippen LogP) is 12.4. The molecular formula is C43H28INO. The molecule has 218 valence electrons. The number of H-pyrrole nitrogens is 1. The Labute approximate surface area is 280 Å². The molecule has 0 unspecified atom stereocenters. The molecule has 7 aromatic carbocycles. The van der Waals surface area contributed by atoms with Gasteiger partial charge in [-0.25, -0.2) is 0 Å². The molecule has 0 saturated heterocycles. The SMILES string of the molecule is Ic1ccc(-c2ccc3[nH]c4ccc(-c5ccc6oc7ccccc7c6c5)cc4c3c2)cc1-c1ccccc1Cc1ccccc1. The Kier molecular flexibility index (Phi) is 6.53. The van der Waals surface area contributed by atoms with Gasteiger partial charge in [-0.3, -0.25) is 0 Å². The van der Waals surface area contributed by atoms with Gasteiger partial charge in [0.2, 0.25) is 0 Å². The number of furan rings is 1. The first-order valence-electron chi connectivity index (χ1n) is 15.6. The summed E-state index contributed by atoms with van der Waals surface area (Å²) in [7, 11) is 0. The lowest BCUT2D eigenvalue weighted by Crippen LogP contribution is -1.94. The standard InChI is InChI=1S/C43H28INO/c44-39-18-14-28(23-35(39)33-11-5-4-10-32(33)22-27-8-2-1-3-9-27)29-15-19-40-36(24-29)37-25-30(16-20-41(37)45-40)31-17-21-43-38(26-31)34-12-6-7-13-42(34)46-43/h1-21,23-26,45H,22H2. The van der Waals surface area contributed by atoms with E-state index in [1.807, 2.05) is 12.1 Å². The second-order valence-electron chi connectivity index (χ2n) is 12.0. The van der Waals surface area contributed by atoms with E-state index in [2.05, 4.69) is 167 Å². The molecule has 0 radical (unpaired) electrons. The van der Waals surface area contributed by atoms with Crippen molar-refractivity contribution < 1.29 is 4.42 Å². The van der Waals surface area contributed by atoms with Gasteiger partial charge < -0.3 is 9.40 Å². The van der Waals surface area contributed by atoms with Crippen LogP contribution in [0, 0.1) is 3.57 Å². The third-order valence-corrected chi connectivity index (χ3v) is 10.1. The zero-order valence-corrected chi connectivity index (χ0v) is 27.1. The van der Waals surface area contributed by atoms with Crippen LogP contribution in [0.15, 0.2) is 156 Å². The van der Waals surface area contributed by atoms with Crippen molar-refractivity contribution in [2.45, 2.75) is 6.42 Å². The summed E-state index contributed by atoms with van der Waals surface area (Å²) in [4.78, 5) is 3.65. The average molecular weight is 702 g/mol. The third-order valence-electron chi connectivity index (χ3n) is 9.15. The molecule has 0 aliphatic rings. The van der Waals surface area contributed by atoms with Crippen LogP contribution >= 0.6 is 22.6 Å². The van der Waals surface area contributed by atoms with Crippen LogP contribution in [0.2, 0.25) is 0 Å². The molecule has 0 fully saturated rings. The van der Waals surface area contributed by atoms with Crippen molar-refractivity contribution >= 4 is 66.3 Å². The number of rotatable bonds is 5. The zero-order valence-electron chi connectivity index (χ0n) is 24.9. The number of para-hydroxylation sites is 1. The average Bonchev–Trinajstić information content (AvgIpc) is 3.66. The van der Waals surface area contributed by atoms with Gasteiger partial charge in [0.15, 0.2) is 0 Å². The maximum absolute atomic E-state index is 6.09. The first-order valence-corrected chi connectivity index (χ1v) is 16.7. The van der Waals surface area contributed by atoms with Crippen molar-refractivity contribution in [2.75, 3.05) is 0 Å². The lowest BCUT2D eigenvalue weighted by Gasteiger charge is -2.14. The van der Waals surface area contributed by atoms with E-state index in [0.717, 1.165) is 39.4 Å². The quantitative estimate of drug-likeness (QED) is 0.178. The highest BCUT2D eigenvalue weighted by atomic mass is 127. The van der Waals surface area contributed by atoms with Gasteiger partial charge in [0.25, 0.3) is 0 Å². The molecular weight excluding hydrogens is 673 g/mol. The number of aromatic nitrogens is 1. The molecule has 0 saturated carbocycles. The molecule has 2 nitrogen and oxygen atoms in total. The Hall–Kier alpha value is -5.13. The van der Waals surface area contributed by atoms with E-state index in [9.17, 15) is 0 Å². The van der Waals surface area contributed by atoms with Crippen molar-refractivity contribution in [1.29, 1.82) is 0 Å². The Morgan fingerprint density at radius 2 is 1.04 bits per heavy atom. The highest BCUT2D eigenvalue weighted by Gasteiger charge is 2.14. The van der Waals surface area contributed by atoms with Crippen molar-refractivity contribution in [3.8, 4) is 33.4 Å². The normalized spacial score (nSPS) is 11.7. The lowest BCUT2D eigenvalue weighted by atomic mass is 9.92. The van der Waals surface area contributed by atoms with E-state index in [0.29, 0.717) is 0 Å². The predicted molar refractivity (Wildman–Crippen MR) is 201 cm³/mol. The van der Waals surface area contributed by atoms with Gasteiger partial charge in [0.1, 0.15) is 11.2 Å². The molecule has 46 heavy (non-hydrogen) atoms. The maximum atomic E-state index is 6.09. The van der Waals surface area contributed by atoms with E-state index < -0.39 is 0 Å². The fourth-order valence-electron chi connectivity index (χ4n) is 6.83.